The Morgan fingerprint density at radius 3 is 2.76 bits per heavy atom. The van der Waals surface area contributed by atoms with Crippen LogP contribution in [0.25, 0.3) is 0 Å². The molecule has 0 atom stereocenters. The summed E-state index contributed by atoms with van der Waals surface area (Å²) in [6, 6.07) is 1.70. The Hall–Kier alpha value is -1.60. The van der Waals surface area contributed by atoms with Crippen molar-refractivity contribution in [3.63, 3.8) is 0 Å². The number of nitrogen functional groups attached to an aromatic ring is 2. The number of rotatable bonds is 8. The van der Waals surface area contributed by atoms with Crippen molar-refractivity contribution in [1.82, 2.24) is 9.97 Å². The minimum Gasteiger partial charge on any atom is -0.381 e. The maximum atomic E-state index is 5.52. The van der Waals surface area contributed by atoms with Gasteiger partial charge in [0.15, 0.2) is 0 Å². The van der Waals surface area contributed by atoms with E-state index in [1.54, 1.807) is 6.07 Å². The highest BCUT2D eigenvalue weighted by molar-refractivity contribution is 5.50. The number of hydrogen-bond acceptors (Lipinski definition) is 7. The third kappa shape index (κ3) is 5.32. The molecule has 0 radical (unpaired) electrons. The summed E-state index contributed by atoms with van der Waals surface area (Å²) >= 11 is 0. The number of nitrogens with one attached hydrogen (secondary N) is 2. The summed E-state index contributed by atoms with van der Waals surface area (Å²) in [6.07, 6.45) is 1.96. The number of aromatic nitrogens is 2. The Kier molecular flexibility index (Phi) is 6.05. The molecular formula is C10H20N6O. The maximum absolute atomic E-state index is 5.52. The molecule has 0 saturated carbocycles. The van der Waals surface area contributed by atoms with E-state index in [0.717, 1.165) is 32.6 Å². The lowest BCUT2D eigenvalue weighted by Crippen LogP contribution is -2.13. The molecule has 0 bridgehead atoms. The van der Waals surface area contributed by atoms with E-state index in [1.807, 2.05) is 0 Å². The quantitative estimate of drug-likeness (QED) is 0.298. The predicted molar refractivity (Wildman–Crippen MR) is 68.5 cm³/mol. The lowest BCUT2D eigenvalue weighted by atomic mass is 10.4. The van der Waals surface area contributed by atoms with E-state index in [1.165, 1.54) is 0 Å². The molecule has 0 aliphatic heterocycles. The first-order valence-corrected chi connectivity index (χ1v) is 5.69. The molecule has 1 rings (SSSR count). The summed E-state index contributed by atoms with van der Waals surface area (Å²) in [5.41, 5.74) is 7.95. The SMILES string of the molecule is CCCOCCCNc1cc(NN)nc(N)n1. The third-order valence-corrected chi connectivity index (χ3v) is 2.01. The van der Waals surface area contributed by atoms with Crippen LogP contribution in [-0.2, 0) is 4.74 Å². The number of nitrogens with zero attached hydrogens (tertiary/aromatic N) is 2. The van der Waals surface area contributed by atoms with Crippen molar-refractivity contribution in [2.45, 2.75) is 19.8 Å². The normalized spacial score (nSPS) is 10.2. The van der Waals surface area contributed by atoms with Crippen LogP contribution in [0.3, 0.4) is 0 Å². The number of ether oxygens (including phenoxy) is 1. The van der Waals surface area contributed by atoms with E-state index in [9.17, 15) is 0 Å². The summed E-state index contributed by atoms with van der Waals surface area (Å²) in [4.78, 5) is 7.92. The summed E-state index contributed by atoms with van der Waals surface area (Å²) < 4.78 is 5.36. The Bertz CT molecular complexity index is 333. The molecule has 96 valence electrons. The van der Waals surface area contributed by atoms with Crippen molar-refractivity contribution < 1.29 is 4.74 Å². The topological polar surface area (TPSA) is 111 Å². The first-order chi connectivity index (χ1) is 8.26. The molecular weight excluding hydrogens is 220 g/mol. The fourth-order valence-corrected chi connectivity index (χ4v) is 1.27. The van der Waals surface area contributed by atoms with E-state index in [2.05, 4.69) is 27.6 Å². The molecule has 0 aromatic carbocycles. The Morgan fingerprint density at radius 1 is 1.29 bits per heavy atom. The molecule has 7 heteroatoms. The predicted octanol–water partition coefficient (Wildman–Crippen LogP) is 0.573. The van der Waals surface area contributed by atoms with Crippen LogP contribution in [-0.4, -0.2) is 29.7 Å². The molecule has 1 aromatic rings. The highest BCUT2D eigenvalue weighted by atomic mass is 16.5. The van der Waals surface area contributed by atoms with Gasteiger partial charge >= 0.3 is 0 Å². The molecule has 7 nitrogen and oxygen atoms in total. The van der Waals surface area contributed by atoms with Crippen LogP contribution in [0.1, 0.15) is 19.8 Å². The average molecular weight is 240 g/mol. The van der Waals surface area contributed by atoms with Crippen molar-refractivity contribution in [3.05, 3.63) is 6.07 Å². The summed E-state index contributed by atoms with van der Waals surface area (Å²) in [6.45, 7) is 4.40. The van der Waals surface area contributed by atoms with Gasteiger partial charge in [-0.15, -0.1) is 0 Å². The fraction of sp³-hybridized carbons (Fsp3) is 0.600. The largest absolute Gasteiger partial charge is 0.381 e. The highest BCUT2D eigenvalue weighted by Gasteiger charge is 2.00. The minimum absolute atomic E-state index is 0.185. The van der Waals surface area contributed by atoms with Gasteiger partial charge in [-0.1, -0.05) is 6.92 Å². The summed E-state index contributed by atoms with van der Waals surface area (Å²) in [5.74, 6) is 6.58. The highest BCUT2D eigenvalue weighted by Crippen LogP contribution is 2.10. The maximum Gasteiger partial charge on any atom is 0.223 e. The van der Waals surface area contributed by atoms with Crippen LogP contribution in [0.15, 0.2) is 6.07 Å². The third-order valence-electron chi connectivity index (χ3n) is 2.01. The monoisotopic (exact) mass is 240 g/mol. The molecule has 1 aromatic heterocycles. The number of hydrazine groups is 1. The minimum atomic E-state index is 0.185. The van der Waals surface area contributed by atoms with E-state index in [0.29, 0.717) is 11.6 Å². The van der Waals surface area contributed by atoms with Gasteiger partial charge in [0.25, 0.3) is 0 Å². The second-order valence-corrected chi connectivity index (χ2v) is 3.53. The van der Waals surface area contributed by atoms with Gasteiger partial charge in [-0.2, -0.15) is 9.97 Å². The zero-order valence-electron chi connectivity index (χ0n) is 10.1. The molecule has 0 aliphatic carbocycles. The van der Waals surface area contributed by atoms with Crippen LogP contribution >= 0.6 is 0 Å². The first kappa shape index (κ1) is 13.5. The number of nitrogens with two attached hydrogens (primary N) is 2. The Morgan fingerprint density at radius 2 is 2.06 bits per heavy atom. The van der Waals surface area contributed by atoms with Crippen molar-refractivity contribution in [1.29, 1.82) is 0 Å². The van der Waals surface area contributed by atoms with E-state index >= 15 is 0 Å². The average Bonchev–Trinajstić information content (AvgIpc) is 2.33. The number of hydrogen-bond donors (Lipinski definition) is 4. The second kappa shape index (κ2) is 7.64. The molecule has 0 saturated heterocycles. The zero-order valence-corrected chi connectivity index (χ0v) is 10.1. The van der Waals surface area contributed by atoms with Gasteiger partial charge in [0.1, 0.15) is 11.6 Å². The van der Waals surface area contributed by atoms with Gasteiger partial charge in [0.2, 0.25) is 5.95 Å². The molecule has 0 amide bonds. The molecule has 1 heterocycles. The second-order valence-electron chi connectivity index (χ2n) is 3.53. The Balaban J connectivity index is 2.28. The van der Waals surface area contributed by atoms with Gasteiger partial charge in [-0.3, -0.25) is 0 Å². The zero-order chi connectivity index (χ0) is 12.5. The first-order valence-electron chi connectivity index (χ1n) is 5.69. The van der Waals surface area contributed by atoms with Crippen LogP contribution in [0.5, 0.6) is 0 Å². The van der Waals surface area contributed by atoms with Gasteiger partial charge in [-0.05, 0) is 12.8 Å². The smallest absolute Gasteiger partial charge is 0.223 e. The van der Waals surface area contributed by atoms with Crippen molar-refractivity contribution >= 4 is 17.6 Å². The summed E-state index contributed by atoms with van der Waals surface area (Å²) in [5, 5.41) is 3.13. The van der Waals surface area contributed by atoms with Crippen LogP contribution < -0.4 is 22.3 Å². The number of anilines is 3. The molecule has 17 heavy (non-hydrogen) atoms. The van der Waals surface area contributed by atoms with E-state index in [-0.39, 0.29) is 5.95 Å². The standard InChI is InChI=1S/C10H20N6O/c1-2-5-17-6-3-4-13-8-7-9(16-12)15-10(11)14-8/h7H,2-6,12H2,1H3,(H4,11,13,14,15,16). The lowest BCUT2D eigenvalue weighted by Gasteiger charge is -2.08. The lowest BCUT2D eigenvalue weighted by molar-refractivity contribution is 0.134. The van der Waals surface area contributed by atoms with Crippen LogP contribution in [0.4, 0.5) is 17.6 Å². The molecule has 0 aliphatic rings. The molecule has 0 spiro atoms. The van der Waals surface area contributed by atoms with Gasteiger partial charge in [-0.25, -0.2) is 5.84 Å². The molecule has 0 fully saturated rings. The van der Waals surface area contributed by atoms with E-state index < -0.39 is 0 Å². The molecule has 0 unspecified atom stereocenters. The van der Waals surface area contributed by atoms with Gasteiger partial charge < -0.3 is 21.2 Å². The van der Waals surface area contributed by atoms with Crippen LogP contribution in [0, 0.1) is 0 Å². The summed E-state index contributed by atoms with van der Waals surface area (Å²) in [7, 11) is 0. The van der Waals surface area contributed by atoms with E-state index in [4.69, 9.17) is 16.3 Å². The van der Waals surface area contributed by atoms with Crippen LogP contribution in [0.2, 0.25) is 0 Å². The van der Waals surface area contributed by atoms with Gasteiger partial charge in [0.05, 0.1) is 0 Å². The fourth-order valence-electron chi connectivity index (χ4n) is 1.27. The van der Waals surface area contributed by atoms with Crippen molar-refractivity contribution in [3.8, 4) is 0 Å². The van der Waals surface area contributed by atoms with Crippen molar-refractivity contribution in [2.24, 2.45) is 5.84 Å². The van der Waals surface area contributed by atoms with Crippen molar-refractivity contribution in [2.75, 3.05) is 36.2 Å². The molecule has 6 N–H and O–H groups in total. The Labute approximate surface area is 101 Å². The van der Waals surface area contributed by atoms with Gasteiger partial charge in [0, 0.05) is 25.8 Å².